The molecule has 2 heterocycles. The summed E-state index contributed by atoms with van der Waals surface area (Å²) in [6.07, 6.45) is 4.30. The highest BCUT2D eigenvalue weighted by Crippen LogP contribution is 2.19. The maximum Gasteiger partial charge on any atom is 0.152 e. The van der Waals surface area contributed by atoms with Gasteiger partial charge in [0.05, 0.1) is 12.6 Å². The normalized spacial score (nSPS) is 15.9. The fraction of sp³-hybridized carbons (Fsp3) is 0.529. The third kappa shape index (κ3) is 3.47. The van der Waals surface area contributed by atoms with Gasteiger partial charge in [0.2, 0.25) is 0 Å². The lowest BCUT2D eigenvalue weighted by Crippen LogP contribution is -2.31. The van der Waals surface area contributed by atoms with Crippen molar-refractivity contribution in [3.8, 4) is 0 Å². The van der Waals surface area contributed by atoms with Gasteiger partial charge in [0.25, 0.3) is 0 Å². The molecule has 3 rings (SSSR count). The van der Waals surface area contributed by atoms with Crippen molar-refractivity contribution in [2.24, 2.45) is 0 Å². The molecule has 22 heavy (non-hydrogen) atoms. The molecular formula is C17H24N4O. The number of rotatable bonds is 5. The second-order valence-electron chi connectivity index (χ2n) is 6.06. The molecule has 2 aromatic rings. The van der Waals surface area contributed by atoms with Crippen molar-refractivity contribution < 1.29 is 5.11 Å². The first kappa shape index (κ1) is 15.0. The summed E-state index contributed by atoms with van der Waals surface area (Å²) in [6, 6.07) is 10.2. The van der Waals surface area contributed by atoms with Gasteiger partial charge in [-0.25, -0.2) is 0 Å². The molecule has 1 N–H and O–H groups in total. The largest absolute Gasteiger partial charge is 0.392 e. The fourth-order valence-electron chi connectivity index (χ4n) is 3.05. The van der Waals surface area contributed by atoms with E-state index in [-0.39, 0.29) is 6.10 Å². The lowest BCUT2D eigenvalue weighted by molar-refractivity contribution is 0.199. The van der Waals surface area contributed by atoms with Crippen LogP contribution in [0.25, 0.3) is 0 Å². The highest BCUT2D eigenvalue weighted by Gasteiger charge is 2.18. The van der Waals surface area contributed by atoms with E-state index in [1.807, 2.05) is 25.1 Å². The summed E-state index contributed by atoms with van der Waals surface area (Å²) in [5, 5.41) is 18.6. The third-order valence-electron chi connectivity index (χ3n) is 4.12. The highest BCUT2D eigenvalue weighted by atomic mass is 16.3. The van der Waals surface area contributed by atoms with Gasteiger partial charge < -0.3 is 14.6 Å². The minimum atomic E-state index is -0.383. The molecule has 5 heteroatoms. The first-order valence-corrected chi connectivity index (χ1v) is 8.13. The van der Waals surface area contributed by atoms with Gasteiger partial charge in [-0.3, -0.25) is 0 Å². The van der Waals surface area contributed by atoms with Crippen molar-refractivity contribution in [3.63, 3.8) is 0 Å². The van der Waals surface area contributed by atoms with Crippen LogP contribution in [0.2, 0.25) is 0 Å². The number of hydrogen-bond acceptors (Lipinski definition) is 4. The number of para-hydroxylation sites is 1. The van der Waals surface area contributed by atoms with Crippen molar-refractivity contribution in [1.82, 2.24) is 14.8 Å². The van der Waals surface area contributed by atoms with Crippen LogP contribution >= 0.6 is 0 Å². The number of aliphatic hydroxyl groups excluding tert-OH is 1. The minimum Gasteiger partial charge on any atom is -0.392 e. The SMILES string of the molecule is C[C@H](O)CN(Cc1nnc2n1CCCCC2)c1ccccc1. The summed E-state index contributed by atoms with van der Waals surface area (Å²) in [7, 11) is 0. The molecule has 1 aliphatic rings. The van der Waals surface area contributed by atoms with Gasteiger partial charge in [-0.1, -0.05) is 24.6 Å². The number of aliphatic hydroxyl groups is 1. The summed E-state index contributed by atoms with van der Waals surface area (Å²) in [4.78, 5) is 2.17. The Morgan fingerprint density at radius 3 is 2.77 bits per heavy atom. The number of fused-ring (bicyclic) bond motifs is 1. The lowest BCUT2D eigenvalue weighted by atomic mass is 10.2. The van der Waals surface area contributed by atoms with E-state index in [2.05, 4.69) is 31.8 Å². The van der Waals surface area contributed by atoms with Crippen LogP contribution in [0.1, 0.15) is 37.8 Å². The lowest BCUT2D eigenvalue weighted by Gasteiger charge is -2.26. The van der Waals surface area contributed by atoms with Gasteiger partial charge in [-0.15, -0.1) is 10.2 Å². The van der Waals surface area contributed by atoms with Gasteiger partial charge in [-0.05, 0) is 31.9 Å². The number of hydrogen-bond donors (Lipinski definition) is 1. The van der Waals surface area contributed by atoms with Crippen molar-refractivity contribution >= 4 is 5.69 Å². The zero-order valence-corrected chi connectivity index (χ0v) is 13.1. The predicted molar refractivity (Wildman–Crippen MR) is 86.7 cm³/mol. The van der Waals surface area contributed by atoms with E-state index in [4.69, 9.17) is 0 Å². The van der Waals surface area contributed by atoms with Gasteiger partial charge in [0.15, 0.2) is 5.82 Å². The Balaban J connectivity index is 1.83. The van der Waals surface area contributed by atoms with Crippen LogP contribution < -0.4 is 4.90 Å². The Hall–Kier alpha value is -1.88. The molecule has 1 aromatic carbocycles. The highest BCUT2D eigenvalue weighted by molar-refractivity contribution is 5.46. The molecule has 0 aliphatic carbocycles. The minimum absolute atomic E-state index is 0.383. The number of aromatic nitrogens is 3. The van der Waals surface area contributed by atoms with E-state index in [1.165, 1.54) is 19.3 Å². The number of anilines is 1. The zero-order valence-electron chi connectivity index (χ0n) is 13.1. The summed E-state index contributed by atoms with van der Waals surface area (Å²) in [6.45, 7) is 4.10. The molecule has 0 unspecified atom stereocenters. The Bertz CT molecular complexity index is 594. The summed E-state index contributed by atoms with van der Waals surface area (Å²) in [5.74, 6) is 2.11. The Kier molecular flexibility index (Phi) is 4.73. The molecule has 1 aliphatic heterocycles. The van der Waals surface area contributed by atoms with Crippen molar-refractivity contribution in [2.45, 2.75) is 51.8 Å². The molecular weight excluding hydrogens is 276 g/mol. The van der Waals surface area contributed by atoms with Crippen molar-refractivity contribution in [3.05, 3.63) is 42.0 Å². The molecule has 0 fully saturated rings. The van der Waals surface area contributed by atoms with E-state index >= 15 is 0 Å². The third-order valence-corrected chi connectivity index (χ3v) is 4.12. The molecule has 0 saturated carbocycles. The molecule has 0 spiro atoms. The van der Waals surface area contributed by atoms with Crippen molar-refractivity contribution in [2.75, 3.05) is 11.4 Å². The topological polar surface area (TPSA) is 54.2 Å². The van der Waals surface area contributed by atoms with Crippen LogP contribution in [0.15, 0.2) is 30.3 Å². The van der Waals surface area contributed by atoms with Crippen LogP contribution in [-0.2, 0) is 19.5 Å². The monoisotopic (exact) mass is 300 g/mol. The Morgan fingerprint density at radius 2 is 2.00 bits per heavy atom. The van der Waals surface area contributed by atoms with E-state index < -0.39 is 0 Å². The first-order chi connectivity index (χ1) is 10.7. The van der Waals surface area contributed by atoms with Crippen LogP contribution in [0.5, 0.6) is 0 Å². The summed E-state index contributed by atoms with van der Waals surface area (Å²) < 4.78 is 2.27. The maximum atomic E-state index is 9.81. The summed E-state index contributed by atoms with van der Waals surface area (Å²) in [5.41, 5.74) is 1.11. The molecule has 1 aromatic heterocycles. The molecule has 0 radical (unpaired) electrons. The second kappa shape index (κ2) is 6.92. The van der Waals surface area contributed by atoms with Gasteiger partial charge in [0.1, 0.15) is 5.82 Å². The zero-order chi connectivity index (χ0) is 15.4. The van der Waals surface area contributed by atoms with Crippen LogP contribution in [0.4, 0.5) is 5.69 Å². The molecule has 118 valence electrons. The average Bonchev–Trinajstić information content (AvgIpc) is 2.75. The maximum absolute atomic E-state index is 9.81. The average molecular weight is 300 g/mol. The molecule has 0 bridgehead atoms. The summed E-state index contributed by atoms with van der Waals surface area (Å²) >= 11 is 0. The predicted octanol–water partition coefficient (Wildman–Crippen LogP) is 2.39. The van der Waals surface area contributed by atoms with E-state index in [1.54, 1.807) is 0 Å². The second-order valence-corrected chi connectivity index (χ2v) is 6.06. The fourth-order valence-corrected chi connectivity index (χ4v) is 3.05. The molecule has 0 amide bonds. The number of nitrogens with zero attached hydrogens (tertiary/aromatic N) is 4. The van der Waals surface area contributed by atoms with Crippen LogP contribution in [0, 0.1) is 0 Å². The van der Waals surface area contributed by atoms with Gasteiger partial charge in [-0.2, -0.15) is 0 Å². The van der Waals surface area contributed by atoms with Crippen molar-refractivity contribution in [1.29, 1.82) is 0 Å². The van der Waals surface area contributed by atoms with E-state index in [0.717, 1.165) is 30.3 Å². The van der Waals surface area contributed by atoms with Crippen LogP contribution in [0.3, 0.4) is 0 Å². The van der Waals surface area contributed by atoms with Gasteiger partial charge in [0, 0.05) is 25.2 Å². The Morgan fingerprint density at radius 1 is 1.18 bits per heavy atom. The smallest absolute Gasteiger partial charge is 0.152 e. The Labute approximate surface area is 131 Å². The van der Waals surface area contributed by atoms with Crippen LogP contribution in [-0.4, -0.2) is 32.5 Å². The molecule has 0 saturated heterocycles. The van der Waals surface area contributed by atoms with E-state index in [0.29, 0.717) is 13.1 Å². The molecule has 5 nitrogen and oxygen atoms in total. The number of benzene rings is 1. The quantitative estimate of drug-likeness (QED) is 0.921. The number of aryl methyl sites for hydroxylation is 1. The first-order valence-electron chi connectivity index (χ1n) is 8.13. The van der Waals surface area contributed by atoms with E-state index in [9.17, 15) is 5.11 Å². The molecule has 1 atom stereocenters. The van der Waals surface area contributed by atoms with Gasteiger partial charge >= 0.3 is 0 Å². The standard InChI is InChI=1S/C17H24N4O/c1-14(22)12-20(15-8-4-2-5-9-15)13-17-19-18-16-10-6-3-7-11-21(16)17/h2,4-5,8-9,14,22H,3,6-7,10-13H2,1H3/t14-/m0/s1.